The molecule has 2 heterocycles. The van der Waals surface area contributed by atoms with Crippen LogP contribution in [0.2, 0.25) is 0 Å². The van der Waals surface area contributed by atoms with Crippen molar-refractivity contribution in [2.75, 3.05) is 5.32 Å². The molecule has 0 bridgehead atoms. The number of nitrogens with one attached hydrogen (secondary N) is 1. The zero-order chi connectivity index (χ0) is 16.1. The van der Waals surface area contributed by atoms with Gasteiger partial charge in [0.05, 0.1) is 27.0 Å². The van der Waals surface area contributed by atoms with E-state index in [2.05, 4.69) is 42.2 Å². The van der Waals surface area contributed by atoms with Crippen molar-refractivity contribution in [2.45, 2.75) is 6.92 Å². The molecule has 6 heteroatoms. The van der Waals surface area contributed by atoms with E-state index in [4.69, 9.17) is 0 Å². The topological polar surface area (TPSA) is 42.0 Å². The molecule has 0 unspecified atom stereocenters. The van der Waals surface area contributed by atoms with Gasteiger partial charge in [0.1, 0.15) is 0 Å². The van der Waals surface area contributed by atoms with Gasteiger partial charge in [-0.25, -0.2) is 4.98 Å². The van der Waals surface area contributed by atoms with Crippen LogP contribution in [0.25, 0.3) is 21.9 Å². The van der Waals surface area contributed by atoms with Crippen LogP contribution >= 0.6 is 43.2 Å². The summed E-state index contributed by atoms with van der Waals surface area (Å²) in [7, 11) is 0. The number of aromatic nitrogens is 1. The van der Waals surface area contributed by atoms with Gasteiger partial charge in [0.2, 0.25) is 0 Å². The van der Waals surface area contributed by atoms with E-state index in [1.807, 2.05) is 42.8 Å². The molecule has 1 aliphatic rings. The van der Waals surface area contributed by atoms with Crippen LogP contribution in [-0.4, -0.2) is 10.9 Å². The second kappa shape index (κ2) is 5.54. The third kappa shape index (κ3) is 2.45. The third-order valence-corrected chi connectivity index (χ3v) is 6.38. The fourth-order valence-corrected chi connectivity index (χ4v) is 4.73. The number of amides is 1. The number of hydrogen-bond donors (Lipinski definition) is 1. The van der Waals surface area contributed by atoms with E-state index in [9.17, 15) is 4.79 Å². The minimum Gasteiger partial charge on any atom is -0.321 e. The van der Waals surface area contributed by atoms with Gasteiger partial charge in [-0.15, -0.1) is 11.3 Å². The molecular weight excluding hydrogens is 440 g/mol. The summed E-state index contributed by atoms with van der Waals surface area (Å²) in [5.74, 6) is -0.0753. The van der Waals surface area contributed by atoms with Crippen molar-refractivity contribution in [1.29, 1.82) is 0 Å². The molecule has 0 radical (unpaired) electrons. The summed E-state index contributed by atoms with van der Waals surface area (Å²) in [6, 6.07) is 7.89. The molecule has 4 rings (SSSR count). The van der Waals surface area contributed by atoms with Crippen molar-refractivity contribution < 1.29 is 4.79 Å². The predicted molar refractivity (Wildman–Crippen MR) is 103 cm³/mol. The van der Waals surface area contributed by atoms with Gasteiger partial charge in [-0.3, -0.25) is 4.79 Å². The number of carbonyl (C=O) groups is 1. The van der Waals surface area contributed by atoms with Crippen molar-refractivity contribution >= 4 is 76.7 Å². The number of carbonyl (C=O) groups excluding carboxylic acids is 1. The van der Waals surface area contributed by atoms with Gasteiger partial charge in [0.15, 0.2) is 0 Å². The highest BCUT2D eigenvalue weighted by Gasteiger charge is 2.27. The second-order valence-corrected chi connectivity index (χ2v) is 7.87. The number of hydrogen-bond acceptors (Lipinski definition) is 3. The molecular formula is C17H10Br2N2OS. The van der Waals surface area contributed by atoms with Crippen molar-refractivity contribution in [3.63, 3.8) is 0 Å². The quantitative estimate of drug-likeness (QED) is 0.489. The summed E-state index contributed by atoms with van der Waals surface area (Å²) in [5.41, 5.74) is 7.30. The minimum absolute atomic E-state index is 0.0753. The lowest BCUT2D eigenvalue weighted by Gasteiger charge is -2.05. The first-order chi connectivity index (χ1) is 11.0. The number of rotatable bonds is 1. The van der Waals surface area contributed by atoms with Gasteiger partial charge < -0.3 is 5.32 Å². The Balaban J connectivity index is 1.94. The summed E-state index contributed by atoms with van der Waals surface area (Å²) in [6.45, 7) is 2.03. The fraction of sp³-hybridized carbons (Fsp3) is 0.0588. The number of nitrogens with zero attached hydrogens (tertiary/aromatic N) is 1. The molecule has 3 nitrogen and oxygen atoms in total. The molecule has 2 aromatic carbocycles. The highest BCUT2D eigenvalue weighted by molar-refractivity contribution is 9.11. The highest BCUT2D eigenvalue weighted by atomic mass is 79.9. The van der Waals surface area contributed by atoms with Crippen LogP contribution in [0, 0.1) is 6.92 Å². The molecule has 0 saturated carbocycles. The number of anilines is 1. The largest absolute Gasteiger partial charge is 0.321 e. The first-order valence-corrected chi connectivity index (χ1v) is 9.36. The lowest BCUT2D eigenvalue weighted by molar-refractivity contribution is -0.110. The number of fused-ring (bicyclic) bond motifs is 3. The molecule has 3 aromatic rings. The monoisotopic (exact) mass is 448 g/mol. The molecule has 23 heavy (non-hydrogen) atoms. The van der Waals surface area contributed by atoms with Crippen molar-refractivity contribution in [1.82, 2.24) is 4.98 Å². The van der Waals surface area contributed by atoms with Gasteiger partial charge in [-0.05, 0) is 48.4 Å². The Morgan fingerprint density at radius 2 is 1.96 bits per heavy atom. The van der Waals surface area contributed by atoms with Crippen molar-refractivity contribution in [2.24, 2.45) is 0 Å². The average Bonchev–Trinajstić information content (AvgIpc) is 3.09. The molecule has 0 spiro atoms. The van der Waals surface area contributed by atoms with E-state index in [0.29, 0.717) is 5.57 Å². The van der Waals surface area contributed by atoms with Crippen LogP contribution in [0.3, 0.4) is 0 Å². The van der Waals surface area contributed by atoms with Gasteiger partial charge >= 0.3 is 0 Å². The lowest BCUT2D eigenvalue weighted by atomic mass is 10.0. The van der Waals surface area contributed by atoms with E-state index < -0.39 is 0 Å². The van der Waals surface area contributed by atoms with Gasteiger partial charge in [0, 0.05) is 14.5 Å². The fourth-order valence-electron chi connectivity index (χ4n) is 2.66. The van der Waals surface area contributed by atoms with Crippen LogP contribution < -0.4 is 5.32 Å². The molecule has 114 valence electrons. The SMILES string of the molecule is Cc1c(Br)cc(/C=C2\C(=O)Nc3ccc4ncsc4c32)cc1Br. The molecule has 0 atom stereocenters. The Morgan fingerprint density at radius 3 is 2.70 bits per heavy atom. The smallest absolute Gasteiger partial charge is 0.256 e. The highest BCUT2D eigenvalue weighted by Crippen LogP contribution is 2.40. The van der Waals surface area contributed by atoms with Gasteiger partial charge in [0.25, 0.3) is 5.91 Å². The Morgan fingerprint density at radius 1 is 1.22 bits per heavy atom. The van der Waals surface area contributed by atoms with E-state index in [0.717, 1.165) is 41.5 Å². The number of thiazole rings is 1. The minimum atomic E-state index is -0.0753. The van der Waals surface area contributed by atoms with E-state index >= 15 is 0 Å². The molecule has 0 saturated heterocycles. The number of benzene rings is 2. The summed E-state index contributed by atoms with van der Waals surface area (Å²) in [4.78, 5) is 16.8. The molecule has 1 aliphatic heterocycles. The summed E-state index contributed by atoms with van der Waals surface area (Å²) < 4.78 is 3.05. The van der Waals surface area contributed by atoms with Crippen LogP contribution in [0.15, 0.2) is 38.7 Å². The molecule has 0 aliphatic carbocycles. The lowest BCUT2D eigenvalue weighted by Crippen LogP contribution is -2.03. The van der Waals surface area contributed by atoms with Crippen LogP contribution in [0.1, 0.15) is 16.7 Å². The maximum absolute atomic E-state index is 12.4. The normalized spacial score (nSPS) is 15.3. The van der Waals surface area contributed by atoms with Crippen molar-refractivity contribution in [3.05, 3.63) is 55.4 Å². The molecule has 1 aromatic heterocycles. The Labute approximate surface area is 153 Å². The van der Waals surface area contributed by atoms with Crippen LogP contribution in [-0.2, 0) is 4.79 Å². The van der Waals surface area contributed by atoms with E-state index in [1.165, 1.54) is 0 Å². The zero-order valence-corrected chi connectivity index (χ0v) is 16.0. The third-order valence-electron chi connectivity index (χ3n) is 3.88. The molecule has 1 amide bonds. The second-order valence-electron chi connectivity index (χ2n) is 5.31. The standard InChI is InChI=1S/C17H10Br2N2OS/c1-8-11(18)5-9(6-12(8)19)4-10-15-13(21-17(10)22)2-3-14-16(15)23-7-20-14/h2-7H,1H3,(H,21,22)/b10-4-. The average molecular weight is 450 g/mol. The predicted octanol–water partition coefficient (Wildman–Crippen LogP) is 5.62. The summed E-state index contributed by atoms with van der Waals surface area (Å²) >= 11 is 8.67. The number of halogens is 2. The Kier molecular flexibility index (Phi) is 3.63. The maximum atomic E-state index is 12.4. The van der Waals surface area contributed by atoms with Gasteiger partial charge in [-0.1, -0.05) is 31.9 Å². The van der Waals surface area contributed by atoms with E-state index in [-0.39, 0.29) is 5.91 Å². The first kappa shape index (κ1) is 15.1. The first-order valence-electron chi connectivity index (χ1n) is 6.90. The van der Waals surface area contributed by atoms with Crippen LogP contribution in [0.4, 0.5) is 5.69 Å². The molecule has 1 N–H and O–H groups in total. The van der Waals surface area contributed by atoms with Crippen molar-refractivity contribution in [3.8, 4) is 0 Å². The summed E-state index contributed by atoms with van der Waals surface area (Å²) in [5, 5.41) is 2.94. The summed E-state index contributed by atoms with van der Waals surface area (Å²) in [6.07, 6.45) is 1.93. The Bertz CT molecular complexity index is 984. The zero-order valence-electron chi connectivity index (χ0n) is 12.0. The van der Waals surface area contributed by atoms with Crippen LogP contribution in [0.5, 0.6) is 0 Å². The maximum Gasteiger partial charge on any atom is 0.256 e. The van der Waals surface area contributed by atoms with E-state index in [1.54, 1.807) is 11.3 Å². The van der Waals surface area contributed by atoms with Gasteiger partial charge in [-0.2, -0.15) is 0 Å². The Hall–Kier alpha value is -1.50. The molecule has 0 fully saturated rings.